The molecule has 0 saturated carbocycles. The number of aromatic nitrogens is 2. The van der Waals surface area contributed by atoms with E-state index in [0.29, 0.717) is 0 Å². The minimum atomic E-state index is 0. The summed E-state index contributed by atoms with van der Waals surface area (Å²) in [6.45, 7) is 7.57. The van der Waals surface area contributed by atoms with Crippen LogP contribution in [-0.2, 0) is 6.54 Å². The summed E-state index contributed by atoms with van der Waals surface area (Å²) >= 11 is 3.57. The second kappa shape index (κ2) is 6.03. The van der Waals surface area contributed by atoms with Gasteiger partial charge in [0.15, 0.2) is 0 Å². The van der Waals surface area contributed by atoms with Gasteiger partial charge in [-0.1, -0.05) is 0 Å². The molecule has 0 bridgehead atoms. The standard InChI is InChI=1S/C11H18BrN3.ClH/c1-8-11(12)9(2)15(14-8)7-10-3-5-13-6-4-10;/h10,13H,3-7H2,1-2H3;1H. The first-order valence-corrected chi connectivity index (χ1v) is 6.38. The summed E-state index contributed by atoms with van der Waals surface area (Å²) < 4.78 is 3.31. The predicted molar refractivity (Wildman–Crippen MR) is 72.2 cm³/mol. The number of hydrogen-bond acceptors (Lipinski definition) is 2. The summed E-state index contributed by atoms with van der Waals surface area (Å²) in [5, 5.41) is 7.95. The van der Waals surface area contributed by atoms with Gasteiger partial charge in [-0.05, 0) is 61.6 Å². The third-order valence-corrected chi connectivity index (χ3v) is 4.33. The smallest absolute Gasteiger partial charge is 0.0738 e. The van der Waals surface area contributed by atoms with Crippen LogP contribution in [0.1, 0.15) is 24.2 Å². The zero-order valence-corrected chi connectivity index (χ0v) is 12.2. The summed E-state index contributed by atoms with van der Waals surface area (Å²) in [6.07, 6.45) is 2.55. The van der Waals surface area contributed by atoms with Crippen LogP contribution in [0.3, 0.4) is 0 Å². The SMILES string of the molecule is Cc1nn(CC2CCNCC2)c(C)c1Br.Cl. The van der Waals surface area contributed by atoms with Crippen molar-refractivity contribution in [3.63, 3.8) is 0 Å². The lowest BCUT2D eigenvalue weighted by molar-refractivity contribution is 0.318. The molecule has 2 rings (SSSR count). The van der Waals surface area contributed by atoms with E-state index in [2.05, 4.69) is 44.9 Å². The van der Waals surface area contributed by atoms with Crippen molar-refractivity contribution in [3.8, 4) is 0 Å². The van der Waals surface area contributed by atoms with Gasteiger partial charge in [-0.2, -0.15) is 5.10 Å². The van der Waals surface area contributed by atoms with Crippen molar-refractivity contribution in [2.75, 3.05) is 13.1 Å². The van der Waals surface area contributed by atoms with E-state index in [1.54, 1.807) is 0 Å². The Bertz CT molecular complexity index is 345. The molecule has 0 unspecified atom stereocenters. The van der Waals surface area contributed by atoms with Crippen molar-refractivity contribution in [2.24, 2.45) is 5.92 Å². The van der Waals surface area contributed by atoms with Crippen LogP contribution in [0.2, 0.25) is 0 Å². The molecular weight excluding hydrogens is 289 g/mol. The van der Waals surface area contributed by atoms with Crippen molar-refractivity contribution in [3.05, 3.63) is 15.9 Å². The topological polar surface area (TPSA) is 29.9 Å². The molecule has 1 aromatic rings. The van der Waals surface area contributed by atoms with Crippen LogP contribution in [-0.4, -0.2) is 22.9 Å². The van der Waals surface area contributed by atoms with Gasteiger partial charge in [-0.25, -0.2) is 0 Å². The Kier molecular flexibility index (Phi) is 5.28. The molecule has 1 aliphatic rings. The molecule has 0 amide bonds. The van der Waals surface area contributed by atoms with Crippen LogP contribution in [0.25, 0.3) is 0 Å². The summed E-state index contributed by atoms with van der Waals surface area (Å²) in [6, 6.07) is 0. The maximum atomic E-state index is 4.55. The molecule has 1 aromatic heterocycles. The third-order valence-electron chi connectivity index (χ3n) is 3.18. The normalized spacial score (nSPS) is 17.2. The number of nitrogens with one attached hydrogen (secondary N) is 1. The molecule has 0 radical (unpaired) electrons. The minimum Gasteiger partial charge on any atom is -0.317 e. The Labute approximate surface area is 112 Å². The van der Waals surface area contributed by atoms with Gasteiger partial charge < -0.3 is 5.32 Å². The Morgan fingerprint density at radius 1 is 1.38 bits per heavy atom. The maximum absolute atomic E-state index is 4.55. The molecule has 1 fully saturated rings. The summed E-state index contributed by atoms with van der Waals surface area (Å²) in [5.41, 5.74) is 2.35. The average molecular weight is 309 g/mol. The predicted octanol–water partition coefficient (Wildman–Crippen LogP) is 2.68. The van der Waals surface area contributed by atoms with E-state index in [0.717, 1.165) is 35.7 Å². The second-order valence-electron chi connectivity index (χ2n) is 4.36. The number of hydrogen-bond donors (Lipinski definition) is 1. The summed E-state index contributed by atoms with van der Waals surface area (Å²) in [7, 11) is 0. The van der Waals surface area contributed by atoms with E-state index in [9.17, 15) is 0 Å². The third kappa shape index (κ3) is 2.99. The fraction of sp³-hybridized carbons (Fsp3) is 0.727. The monoisotopic (exact) mass is 307 g/mol. The first-order valence-electron chi connectivity index (χ1n) is 5.58. The molecule has 3 nitrogen and oxygen atoms in total. The Hall–Kier alpha value is -0.0600. The van der Waals surface area contributed by atoms with E-state index < -0.39 is 0 Å². The molecule has 0 spiro atoms. The lowest BCUT2D eigenvalue weighted by Gasteiger charge is -2.22. The van der Waals surface area contributed by atoms with Gasteiger partial charge in [0.05, 0.1) is 10.2 Å². The van der Waals surface area contributed by atoms with E-state index in [1.807, 2.05) is 0 Å². The van der Waals surface area contributed by atoms with Crippen molar-refractivity contribution in [1.29, 1.82) is 0 Å². The summed E-state index contributed by atoms with van der Waals surface area (Å²) in [4.78, 5) is 0. The quantitative estimate of drug-likeness (QED) is 0.910. The van der Waals surface area contributed by atoms with Crippen LogP contribution < -0.4 is 5.32 Å². The second-order valence-corrected chi connectivity index (χ2v) is 5.15. The van der Waals surface area contributed by atoms with Gasteiger partial charge in [-0.15, -0.1) is 12.4 Å². The largest absolute Gasteiger partial charge is 0.317 e. The molecule has 0 atom stereocenters. The van der Waals surface area contributed by atoms with Gasteiger partial charge in [0.1, 0.15) is 0 Å². The molecule has 0 aromatic carbocycles. The Balaban J connectivity index is 0.00000128. The fourth-order valence-electron chi connectivity index (χ4n) is 2.16. The Morgan fingerprint density at radius 3 is 2.50 bits per heavy atom. The highest BCUT2D eigenvalue weighted by Crippen LogP contribution is 2.22. The van der Waals surface area contributed by atoms with Crippen LogP contribution in [0.5, 0.6) is 0 Å². The molecule has 0 aliphatic carbocycles. The zero-order chi connectivity index (χ0) is 10.8. The van der Waals surface area contributed by atoms with Gasteiger partial charge >= 0.3 is 0 Å². The van der Waals surface area contributed by atoms with Gasteiger partial charge in [0.2, 0.25) is 0 Å². The molecule has 1 aliphatic heterocycles. The van der Waals surface area contributed by atoms with Crippen LogP contribution in [0.4, 0.5) is 0 Å². The lowest BCUT2D eigenvalue weighted by Crippen LogP contribution is -2.30. The molecule has 2 heterocycles. The van der Waals surface area contributed by atoms with Crippen LogP contribution >= 0.6 is 28.3 Å². The lowest BCUT2D eigenvalue weighted by atomic mass is 9.98. The minimum absolute atomic E-state index is 0. The van der Waals surface area contributed by atoms with Gasteiger partial charge in [0.25, 0.3) is 0 Å². The zero-order valence-electron chi connectivity index (χ0n) is 9.79. The number of halogens is 2. The molecule has 92 valence electrons. The molecule has 1 saturated heterocycles. The molecule has 1 N–H and O–H groups in total. The van der Waals surface area contributed by atoms with Crippen molar-refractivity contribution < 1.29 is 0 Å². The Morgan fingerprint density at radius 2 is 2.00 bits per heavy atom. The highest BCUT2D eigenvalue weighted by molar-refractivity contribution is 9.10. The molecule has 16 heavy (non-hydrogen) atoms. The van der Waals surface area contributed by atoms with Crippen LogP contribution in [0.15, 0.2) is 4.47 Å². The molecule has 5 heteroatoms. The highest BCUT2D eigenvalue weighted by atomic mass is 79.9. The van der Waals surface area contributed by atoms with Crippen molar-refractivity contribution in [1.82, 2.24) is 15.1 Å². The van der Waals surface area contributed by atoms with Gasteiger partial charge in [-0.3, -0.25) is 4.68 Å². The number of rotatable bonds is 2. The van der Waals surface area contributed by atoms with E-state index >= 15 is 0 Å². The van der Waals surface area contributed by atoms with Gasteiger partial charge in [0, 0.05) is 12.2 Å². The first kappa shape index (κ1) is 14.0. The highest BCUT2D eigenvalue weighted by Gasteiger charge is 2.16. The van der Waals surface area contributed by atoms with E-state index in [-0.39, 0.29) is 12.4 Å². The first-order chi connectivity index (χ1) is 7.18. The maximum Gasteiger partial charge on any atom is 0.0738 e. The fourth-order valence-corrected chi connectivity index (χ4v) is 2.45. The average Bonchev–Trinajstić information content (AvgIpc) is 2.48. The number of aryl methyl sites for hydroxylation is 1. The van der Waals surface area contributed by atoms with E-state index in [4.69, 9.17) is 0 Å². The molecular formula is C11H19BrClN3. The number of piperidine rings is 1. The van der Waals surface area contributed by atoms with Crippen molar-refractivity contribution >= 4 is 28.3 Å². The van der Waals surface area contributed by atoms with Crippen LogP contribution in [0, 0.1) is 19.8 Å². The number of nitrogens with zero attached hydrogens (tertiary/aromatic N) is 2. The summed E-state index contributed by atoms with van der Waals surface area (Å²) in [5.74, 6) is 0.788. The van der Waals surface area contributed by atoms with E-state index in [1.165, 1.54) is 18.5 Å². The van der Waals surface area contributed by atoms with Crippen molar-refractivity contribution in [2.45, 2.75) is 33.2 Å².